The van der Waals surface area contributed by atoms with Crippen molar-refractivity contribution in [3.8, 4) is 0 Å². The Hall–Kier alpha value is -1.27. The molecular weight excluding hydrogens is 280 g/mol. The van der Waals surface area contributed by atoms with E-state index in [0.29, 0.717) is 12.6 Å². The van der Waals surface area contributed by atoms with E-state index < -0.39 is 11.6 Å². The minimum absolute atomic E-state index is 0.0205. The fraction of sp³-hybridized carbons (Fsp3) is 0.500. The first-order valence-electron chi connectivity index (χ1n) is 6.56. The third-order valence-corrected chi connectivity index (χ3v) is 3.43. The Bertz CT molecular complexity index is 454. The number of nitrogens with zero attached hydrogens (tertiary/aromatic N) is 1. The first kappa shape index (κ1) is 16.8. The number of nitrogens with one attached hydrogen (secondary N) is 1. The predicted octanol–water partition coefficient (Wildman–Crippen LogP) is 2.74. The van der Waals surface area contributed by atoms with Crippen LogP contribution < -0.4 is 11.1 Å². The molecule has 1 aromatic carbocycles. The molecule has 1 aromatic rings. The molecule has 0 saturated carbocycles. The van der Waals surface area contributed by atoms with E-state index in [0.717, 1.165) is 25.1 Å². The molecule has 0 saturated heterocycles. The van der Waals surface area contributed by atoms with E-state index in [4.69, 9.17) is 18.0 Å². The molecule has 0 spiro atoms. The number of rotatable bonds is 7. The lowest BCUT2D eigenvalue weighted by Gasteiger charge is -2.21. The monoisotopic (exact) mass is 301 g/mol. The summed E-state index contributed by atoms with van der Waals surface area (Å²) in [5.74, 6) is -1.35. The third kappa shape index (κ3) is 4.68. The van der Waals surface area contributed by atoms with Crippen molar-refractivity contribution in [3.05, 3.63) is 29.3 Å². The molecule has 0 amide bonds. The molecule has 20 heavy (non-hydrogen) atoms. The number of benzene rings is 1. The van der Waals surface area contributed by atoms with E-state index in [1.165, 1.54) is 0 Å². The van der Waals surface area contributed by atoms with Crippen molar-refractivity contribution in [2.45, 2.75) is 26.3 Å². The van der Waals surface area contributed by atoms with Crippen molar-refractivity contribution in [2.75, 3.05) is 25.5 Å². The number of thiocarbonyl (C=S) groups is 1. The van der Waals surface area contributed by atoms with Crippen LogP contribution in [0.1, 0.15) is 25.8 Å². The summed E-state index contributed by atoms with van der Waals surface area (Å²) in [6.07, 6.45) is 0.796. The highest BCUT2D eigenvalue weighted by Gasteiger charge is 2.12. The molecule has 0 fully saturated rings. The predicted molar refractivity (Wildman–Crippen MR) is 83.1 cm³/mol. The minimum atomic E-state index is -0.676. The van der Waals surface area contributed by atoms with Crippen LogP contribution in [-0.2, 0) is 0 Å². The number of hydrogen-bond donors (Lipinski definition) is 2. The van der Waals surface area contributed by atoms with Gasteiger partial charge in [0.25, 0.3) is 0 Å². The van der Waals surface area contributed by atoms with E-state index in [1.54, 1.807) is 0 Å². The fourth-order valence-corrected chi connectivity index (χ4v) is 1.80. The lowest BCUT2D eigenvalue weighted by atomic mass is 10.2. The van der Waals surface area contributed by atoms with Gasteiger partial charge in [0, 0.05) is 18.2 Å². The maximum atomic E-state index is 13.8. The summed E-state index contributed by atoms with van der Waals surface area (Å²) in [7, 11) is 2.02. The van der Waals surface area contributed by atoms with Crippen molar-refractivity contribution < 1.29 is 8.78 Å². The lowest BCUT2D eigenvalue weighted by molar-refractivity contribution is 0.273. The average molecular weight is 301 g/mol. The highest BCUT2D eigenvalue weighted by atomic mass is 32.1. The molecule has 0 aromatic heterocycles. The highest BCUT2D eigenvalue weighted by Crippen LogP contribution is 2.20. The highest BCUT2D eigenvalue weighted by molar-refractivity contribution is 7.80. The summed E-state index contributed by atoms with van der Waals surface area (Å²) in [5, 5.41) is 2.78. The maximum absolute atomic E-state index is 13.8. The van der Waals surface area contributed by atoms with Gasteiger partial charge in [0.05, 0.1) is 0 Å². The van der Waals surface area contributed by atoms with Gasteiger partial charge in [-0.1, -0.05) is 12.2 Å². The van der Waals surface area contributed by atoms with Gasteiger partial charge in [0.15, 0.2) is 0 Å². The van der Waals surface area contributed by atoms with Crippen molar-refractivity contribution in [1.82, 2.24) is 4.90 Å². The van der Waals surface area contributed by atoms with Gasteiger partial charge in [-0.2, -0.15) is 0 Å². The molecule has 6 heteroatoms. The minimum Gasteiger partial charge on any atom is -0.389 e. The molecule has 0 heterocycles. The Morgan fingerprint density at radius 2 is 1.90 bits per heavy atom. The van der Waals surface area contributed by atoms with Crippen LogP contribution in [0.4, 0.5) is 14.5 Å². The van der Waals surface area contributed by atoms with Crippen molar-refractivity contribution in [1.29, 1.82) is 0 Å². The Labute approximate surface area is 124 Å². The van der Waals surface area contributed by atoms with Crippen LogP contribution in [0.5, 0.6) is 0 Å². The molecule has 0 unspecified atom stereocenters. The van der Waals surface area contributed by atoms with Crippen LogP contribution in [0, 0.1) is 11.6 Å². The van der Waals surface area contributed by atoms with Crippen LogP contribution in [0.25, 0.3) is 0 Å². The molecular formula is C14H21F2N3S. The van der Waals surface area contributed by atoms with E-state index in [9.17, 15) is 8.78 Å². The zero-order chi connectivity index (χ0) is 15.3. The van der Waals surface area contributed by atoms with Gasteiger partial charge in [-0.15, -0.1) is 0 Å². The molecule has 0 atom stereocenters. The third-order valence-electron chi connectivity index (χ3n) is 3.20. The smallest absolute Gasteiger partial charge is 0.150 e. The van der Waals surface area contributed by atoms with Gasteiger partial charge in [-0.05, 0) is 46.0 Å². The second-order valence-corrected chi connectivity index (χ2v) is 5.47. The molecule has 0 aliphatic rings. The number of nitrogens with two attached hydrogens (primary N) is 1. The normalized spacial score (nSPS) is 11.2. The van der Waals surface area contributed by atoms with E-state index in [2.05, 4.69) is 24.1 Å². The molecule has 0 aliphatic heterocycles. The Morgan fingerprint density at radius 3 is 2.35 bits per heavy atom. The van der Waals surface area contributed by atoms with Gasteiger partial charge >= 0.3 is 0 Å². The zero-order valence-corrected chi connectivity index (χ0v) is 12.9. The summed E-state index contributed by atoms with van der Waals surface area (Å²) in [6.45, 7) is 5.55. The van der Waals surface area contributed by atoms with Crippen molar-refractivity contribution in [2.24, 2.45) is 5.73 Å². The van der Waals surface area contributed by atoms with Crippen LogP contribution in [0.3, 0.4) is 0 Å². The van der Waals surface area contributed by atoms with Gasteiger partial charge in [0.1, 0.15) is 22.3 Å². The summed E-state index contributed by atoms with van der Waals surface area (Å²) in [6, 6.07) is 2.75. The van der Waals surface area contributed by atoms with Gasteiger partial charge in [-0.25, -0.2) is 8.78 Å². The van der Waals surface area contributed by atoms with Crippen LogP contribution in [0.15, 0.2) is 12.1 Å². The Balaban J connectivity index is 2.59. The SMILES string of the molecule is CC(C)N(C)CCCNc1c(F)cc(C(N)=S)cc1F. The van der Waals surface area contributed by atoms with Crippen molar-refractivity contribution in [3.63, 3.8) is 0 Å². The molecule has 0 radical (unpaired) electrons. The van der Waals surface area contributed by atoms with Gasteiger partial charge in [0.2, 0.25) is 0 Å². The van der Waals surface area contributed by atoms with Crippen molar-refractivity contribution >= 4 is 22.9 Å². The summed E-state index contributed by atoms with van der Waals surface area (Å²) >= 11 is 4.70. The average Bonchev–Trinajstić information content (AvgIpc) is 2.36. The number of halogens is 2. The topological polar surface area (TPSA) is 41.3 Å². The molecule has 3 nitrogen and oxygen atoms in total. The Kier molecular flexibility index (Phi) is 6.29. The second-order valence-electron chi connectivity index (χ2n) is 5.03. The molecule has 0 aliphatic carbocycles. The van der Waals surface area contributed by atoms with E-state index in [1.807, 2.05) is 7.05 Å². The molecule has 0 bridgehead atoms. The summed E-state index contributed by atoms with van der Waals surface area (Å²) < 4.78 is 27.5. The summed E-state index contributed by atoms with van der Waals surface area (Å²) in [5.41, 5.74) is 5.42. The number of hydrogen-bond acceptors (Lipinski definition) is 3. The number of anilines is 1. The van der Waals surface area contributed by atoms with Crippen LogP contribution >= 0.6 is 12.2 Å². The lowest BCUT2D eigenvalue weighted by Crippen LogP contribution is -2.28. The van der Waals surface area contributed by atoms with Gasteiger partial charge < -0.3 is 16.0 Å². The molecule has 112 valence electrons. The second kappa shape index (κ2) is 7.50. The zero-order valence-electron chi connectivity index (χ0n) is 12.0. The van der Waals surface area contributed by atoms with Crippen LogP contribution in [0.2, 0.25) is 0 Å². The molecule has 3 N–H and O–H groups in total. The van der Waals surface area contributed by atoms with E-state index >= 15 is 0 Å². The maximum Gasteiger partial charge on any atom is 0.150 e. The van der Waals surface area contributed by atoms with Crippen LogP contribution in [-0.4, -0.2) is 36.1 Å². The van der Waals surface area contributed by atoms with Gasteiger partial charge in [-0.3, -0.25) is 0 Å². The standard InChI is InChI=1S/C14H21F2N3S/c1-9(2)19(3)6-4-5-18-13-11(15)7-10(14(17)20)8-12(13)16/h7-9,18H,4-6H2,1-3H3,(H2,17,20). The summed E-state index contributed by atoms with van der Waals surface area (Å²) in [4.78, 5) is 2.15. The van der Waals surface area contributed by atoms with E-state index in [-0.39, 0.29) is 16.2 Å². The first-order chi connectivity index (χ1) is 9.32. The largest absolute Gasteiger partial charge is 0.389 e. The quantitative estimate of drug-likeness (QED) is 0.600. The Morgan fingerprint density at radius 1 is 1.35 bits per heavy atom. The molecule has 1 rings (SSSR count). The first-order valence-corrected chi connectivity index (χ1v) is 6.96. The fourth-order valence-electron chi connectivity index (χ4n) is 1.68.